The number of hydrogen-bond donors (Lipinski definition) is 3. The van der Waals surface area contributed by atoms with Crippen LogP contribution in [-0.2, 0) is 23.4 Å². The van der Waals surface area contributed by atoms with E-state index in [1.54, 1.807) is 36.4 Å². The summed E-state index contributed by atoms with van der Waals surface area (Å²) in [6, 6.07) is 8.68. The predicted octanol–water partition coefficient (Wildman–Crippen LogP) is 4.42. The third-order valence-electron chi connectivity index (χ3n) is 6.84. The Labute approximate surface area is 241 Å². The lowest BCUT2D eigenvalue weighted by atomic mass is 10.1. The highest BCUT2D eigenvalue weighted by Crippen LogP contribution is 2.46. The second-order valence-electron chi connectivity index (χ2n) is 9.70. The van der Waals surface area contributed by atoms with Crippen molar-refractivity contribution in [2.45, 2.75) is 64.3 Å². The number of aliphatic hydroxyl groups excluding tert-OH is 1. The molecule has 1 aliphatic rings. The first-order chi connectivity index (χ1) is 19.5. The second kappa shape index (κ2) is 13.5. The number of rotatable bonds is 13. The van der Waals surface area contributed by atoms with E-state index in [2.05, 4.69) is 15.1 Å². The molecule has 1 aromatic carbocycles. The Balaban J connectivity index is 1.48. The van der Waals surface area contributed by atoms with Gasteiger partial charge >= 0.3 is 13.7 Å². The van der Waals surface area contributed by atoms with Gasteiger partial charge in [-0.2, -0.15) is 10.1 Å². The van der Waals surface area contributed by atoms with Crippen LogP contribution in [0.3, 0.4) is 0 Å². The maximum atomic E-state index is 15.3. The summed E-state index contributed by atoms with van der Waals surface area (Å²) < 4.78 is 52.8. The summed E-state index contributed by atoms with van der Waals surface area (Å²) in [5.41, 5.74) is 6.10. The van der Waals surface area contributed by atoms with Crippen molar-refractivity contribution in [1.29, 1.82) is 0 Å². The zero-order valence-corrected chi connectivity index (χ0v) is 24.5. The molecule has 0 bridgehead atoms. The number of nitrogen functional groups attached to an aromatic ring is 1. The third-order valence-corrected chi connectivity index (χ3v) is 8.65. The van der Waals surface area contributed by atoms with Crippen LogP contribution < -0.4 is 15.3 Å². The number of aromatic nitrogens is 3. The maximum Gasteiger partial charge on any atom is 0.459 e. The molecule has 12 nitrogen and oxygen atoms in total. The molecule has 224 valence electrons. The Kier molecular flexibility index (Phi) is 10.2. The normalized spacial score (nSPS) is 23.0. The average Bonchev–Trinajstić information content (AvgIpc) is 3.48. The third kappa shape index (κ3) is 7.35. The fourth-order valence-corrected chi connectivity index (χ4v) is 5.99. The van der Waals surface area contributed by atoms with Crippen LogP contribution in [0, 0.1) is 5.92 Å². The van der Waals surface area contributed by atoms with Crippen LogP contribution in [0.5, 0.6) is 5.75 Å². The first-order valence-electron chi connectivity index (χ1n) is 13.3. The van der Waals surface area contributed by atoms with Gasteiger partial charge in [0.2, 0.25) is 5.28 Å². The van der Waals surface area contributed by atoms with E-state index in [9.17, 15) is 14.5 Å². The van der Waals surface area contributed by atoms with Gasteiger partial charge < -0.3 is 29.4 Å². The van der Waals surface area contributed by atoms with Crippen molar-refractivity contribution in [3.8, 4) is 5.75 Å². The number of carbonyl (C=O) groups is 1. The molecule has 41 heavy (non-hydrogen) atoms. The SMILES string of the molecule is CCC(CC)COC(=O)[C@H](C)NP(=O)(OC[C@H]1O[C@@H](n2ccc3c(N)nc(Cl)nc32)[C@H](F)C1O)Oc1ccccc1. The van der Waals surface area contributed by atoms with Gasteiger partial charge in [0, 0.05) is 6.20 Å². The molecule has 0 saturated carbocycles. The number of benzene rings is 1. The number of aliphatic hydroxyl groups is 1. The summed E-state index contributed by atoms with van der Waals surface area (Å²) in [5, 5.41) is 13.5. The molecule has 1 saturated heterocycles. The van der Waals surface area contributed by atoms with Gasteiger partial charge in [0.15, 0.2) is 12.4 Å². The lowest BCUT2D eigenvalue weighted by molar-refractivity contribution is -0.146. The maximum absolute atomic E-state index is 15.3. The predicted molar refractivity (Wildman–Crippen MR) is 150 cm³/mol. The van der Waals surface area contributed by atoms with Gasteiger partial charge in [0.05, 0.1) is 18.6 Å². The summed E-state index contributed by atoms with van der Waals surface area (Å²) >= 11 is 5.93. The number of anilines is 1. The molecule has 3 aromatic rings. The van der Waals surface area contributed by atoms with E-state index >= 15 is 4.39 Å². The molecule has 6 atom stereocenters. The van der Waals surface area contributed by atoms with Gasteiger partial charge in [0.25, 0.3) is 0 Å². The molecular weight excluding hydrogens is 580 g/mol. The topological polar surface area (TPSA) is 160 Å². The van der Waals surface area contributed by atoms with Gasteiger partial charge in [-0.1, -0.05) is 44.9 Å². The van der Waals surface area contributed by atoms with Gasteiger partial charge in [0.1, 0.15) is 35.5 Å². The Hall–Kier alpha value is -2.80. The van der Waals surface area contributed by atoms with Gasteiger partial charge in [-0.3, -0.25) is 9.32 Å². The molecule has 0 amide bonds. The highest BCUT2D eigenvalue weighted by molar-refractivity contribution is 7.52. The molecule has 1 aliphatic heterocycles. The molecule has 1 fully saturated rings. The number of halogens is 2. The smallest absolute Gasteiger partial charge is 0.459 e. The van der Waals surface area contributed by atoms with Crippen molar-refractivity contribution in [3.63, 3.8) is 0 Å². The summed E-state index contributed by atoms with van der Waals surface area (Å²) in [6.45, 7) is 5.15. The van der Waals surface area contributed by atoms with Crippen molar-refractivity contribution in [1.82, 2.24) is 19.6 Å². The Bertz CT molecular complexity index is 1380. The van der Waals surface area contributed by atoms with Crippen molar-refractivity contribution in [3.05, 3.63) is 47.9 Å². The van der Waals surface area contributed by atoms with Crippen LogP contribution in [0.4, 0.5) is 10.2 Å². The molecule has 0 spiro atoms. The number of para-hydroxylation sites is 1. The van der Waals surface area contributed by atoms with E-state index in [0.717, 1.165) is 12.8 Å². The number of carbonyl (C=O) groups excluding carboxylic acids is 1. The quantitative estimate of drug-likeness (QED) is 0.142. The zero-order chi connectivity index (χ0) is 29.7. The molecule has 15 heteroatoms. The van der Waals surface area contributed by atoms with Crippen molar-refractivity contribution < 1.29 is 37.4 Å². The minimum Gasteiger partial charge on any atom is -0.464 e. The summed E-state index contributed by atoms with van der Waals surface area (Å²) in [7, 11) is -4.27. The van der Waals surface area contributed by atoms with Crippen molar-refractivity contribution >= 4 is 42.2 Å². The fraction of sp³-hybridized carbons (Fsp3) is 0.500. The monoisotopic (exact) mass is 613 g/mol. The number of ether oxygens (including phenoxy) is 2. The number of nitrogens with two attached hydrogens (primary N) is 1. The van der Waals surface area contributed by atoms with Crippen LogP contribution in [0.15, 0.2) is 42.6 Å². The highest BCUT2D eigenvalue weighted by Gasteiger charge is 2.47. The lowest BCUT2D eigenvalue weighted by Gasteiger charge is -2.25. The molecule has 0 radical (unpaired) electrons. The van der Waals surface area contributed by atoms with E-state index in [4.69, 9.17) is 35.9 Å². The Morgan fingerprint density at radius 1 is 1.27 bits per heavy atom. The summed E-state index contributed by atoms with van der Waals surface area (Å²) in [5.74, 6) is -0.139. The van der Waals surface area contributed by atoms with E-state index in [1.807, 2.05) is 13.8 Å². The Morgan fingerprint density at radius 2 is 1.98 bits per heavy atom. The lowest BCUT2D eigenvalue weighted by Crippen LogP contribution is -2.37. The molecule has 4 rings (SSSR count). The van der Waals surface area contributed by atoms with Crippen molar-refractivity contribution in [2.75, 3.05) is 18.9 Å². The molecular formula is C26H34ClFN5O7P. The highest BCUT2D eigenvalue weighted by atomic mass is 35.5. The van der Waals surface area contributed by atoms with E-state index < -0.39 is 51.0 Å². The standard InChI is InChI=1S/C26H34ClFN5O7P/c1-4-16(5-2)13-37-25(35)15(3)32-41(36,40-17-9-7-6-8-10-17)38-14-19-21(34)20(28)24(39-19)33-12-11-18-22(29)30-26(27)31-23(18)33/h6-12,15-16,19-21,24,34H,4-5,13-14H2,1-3H3,(H,32,36)(H2,29,30,31)/t15-,19+,20+,21?,24+,41?/m0/s1. The second-order valence-corrected chi connectivity index (χ2v) is 11.7. The molecule has 0 aliphatic carbocycles. The first kappa shape index (κ1) is 31.1. The summed E-state index contributed by atoms with van der Waals surface area (Å²) in [4.78, 5) is 20.6. The number of hydrogen-bond acceptors (Lipinski definition) is 10. The number of esters is 1. The van der Waals surface area contributed by atoms with Crippen LogP contribution >= 0.6 is 19.3 Å². The van der Waals surface area contributed by atoms with Gasteiger partial charge in [-0.25, -0.2) is 13.9 Å². The van der Waals surface area contributed by atoms with Crippen molar-refractivity contribution in [2.24, 2.45) is 5.92 Å². The molecule has 4 N–H and O–H groups in total. The number of nitrogens with zero attached hydrogens (tertiary/aromatic N) is 3. The van der Waals surface area contributed by atoms with E-state index in [0.29, 0.717) is 5.39 Å². The fourth-order valence-electron chi connectivity index (χ4n) is 4.32. The Morgan fingerprint density at radius 3 is 2.66 bits per heavy atom. The largest absolute Gasteiger partial charge is 0.464 e. The minimum absolute atomic E-state index is 0.102. The van der Waals surface area contributed by atoms with Gasteiger partial charge in [-0.15, -0.1) is 0 Å². The molecule has 2 aromatic heterocycles. The van der Waals surface area contributed by atoms with E-state index in [-0.39, 0.29) is 35.0 Å². The number of alkyl halides is 1. The van der Waals surface area contributed by atoms with E-state index in [1.165, 1.54) is 17.7 Å². The number of nitrogens with one attached hydrogen (secondary N) is 1. The summed E-state index contributed by atoms with van der Waals surface area (Å²) in [6.07, 6.45) is -2.96. The van der Waals surface area contributed by atoms with Crippen LogP contribution in [0.1, 0.15) is 39.8 Å². The molecule has 3 heterocycles. The average molecular weight is 614 g/mol. The van der Waals surface area contributed by atoms with Crippen LogP contribution in [0.2, 0.25) is 5.28 Å². The van der Waals surface area contributed by atoms with Gasteiger partial charge in [-0.05, 0) is 42.6 Å². The minimum atomic E-state index is -4.27. The van der Waals surface area contributed by atoms with Crippen LogP contribution in [0.25, 0.3) is 11.0 Å². The first-order valence-corrected chi connectivity index (χ1v) is 15.2. The zero-order valence-electron chi connectivity index (χ0n) is 22.9. The number of fused-ring (bicyclic) bond motifs is 1. The van der Waals surface area contributed by atoms with Crippen LogP contribution in [-0.4, -0.2) is 63.2 Å². The molecule has 2 unspecified atom stereocenters.